The first-order valence-corrected chi connectivity index (χ1v) is 8.15. The van der Waals surface area contributed by atoms with E-state index in [1.54, 1.807) is 17.9 Å². The summed E-state index contributed by atoms with van der Waals surface area (Å²) >= 11 is 3.44. The minimum atomic E-state index is -0.431. The second-order valence-electron chi connectivity index (χ2n) is 5.27. The van der Waals surface area contributed by atoms with Gasteiger partial charge in [0.2, 0.25) is 5.91 Å². The van der Waals surface area contributed by atoms with Crippen LogP contribution in [0, 0.1) is 0 Å². The molecule has 1 aromatic carbocycles. The molecular weight excluding hydrogens is 396 g/mol. The summed E-state index contributed by atoms with van der Waals surface area (Å²) in [4.78, 5) is 12.3. The fourth-order valence-electron chi connectivity index (χ4n) is 2.18. The summed E-state index contributed by atoms with van der Waals surface area (Å²) in [6.07, 6.45) is 3.35. The zero-order valence-electron chi connectivity index (χ0n) is 13.8. The predicted molar refractivity (Wildman–Crippen MR) is 99.5 cm³/mol. The van der Waals surface area contributed by atoms with E-state index in [1.807, 2.05) is 44.4 Å². The van der Waals surface area contributed by atoms with Crippen LogP contribution in [-0.2, 0) is 11.8 Å². The number of carbonyl (C=O) groups excluding carboxylic acids is 1. The molecule has 6 nitrogen and oxygen atoms in total. The van der Waals surface area contributed by atoms with Gasteiger partial charge in [0.15, 0.2) is 0 Å². The Bertz CT molecular complexity index is 665. The molecule has 0 aliphatic heterocycles. The number of ether oxygens (including phenoxy) is 1. The number of benzene rings is 1. The first kappa shape index (κ1) is 20.5. The first-order chi connectivity index (χ1) is 11.0. The third kappa shape index (κ3) is 5.51. The maximum atomic E-state index is 12.3. The molecular formula is C16H22BrClN4O2. The molecule has 0 aliphatic rings. The van der Waals surface area contributed by atoms with E-state index in [4.69, 9.17) is 4.74 Å². The van der Waals surface area contributed by atoms with E-state index in [0.29, 0.717) is 6.54 Å². The topological polar surface area (TPSA) is 68.2 Å². The number of likely N-dealkylation sites (N-methyl/N-ethyl adjacent to an activating group) is 1. The quantitative estimate of drug-likeness (QED) is 0.726. The van der Waals surface area contributed by atoms with Crippen molar-refractivity contribution in [3.05, 3.63) is 46.7 Å². The number of para-hydroxylation sites is 1. The number of halogens is 2. The van der Waals surface area contributed by atoms with Gasteiger partial charge in [-0.2, -0.15) is 5.10 Å². The van der Waals surface area contributed by atoms with Gasteiger partial charge in [0.25, 0.3) is 0 Å². The number of rotatable bonds is 7. The number of aryl methyl sites for hydroxylation is 1. The summed E-state index contributed by atoms with van der Waals surface area (Å²) in [6.45, 7) is 2.33. The van der Waals surface area contributed by atoms with E-state index in [0.717, 1.165) is 15.8 Å². The Hall–Kier alpha value is -1.57. The molecule has 1 aromatic heterocycles. The van der Waals surface area contributed by atoms with Crippen molar-refractivity contribution in [3.8, 4) is 5.75 Å². The summed E-state index contributed by atoms with van der Waals surface area (Å²) in [5.74, 6) is 0.648. The maximum absolute atomic E-state index is 12.3. The molecule has 0 fully saturated rings. The summed E-state index contributed by atoms with van der Waals surface area (Å²) < 4.78 is 8.38. The van der Waals surface area contributed by atoms with Gasteiger partial charge in [0, 0.05) is 18.8 Å². The summed E-state index contributed by atoms with van der Waals surface area (Å²) in [5.41, 5.74) is 0.826. The largest absolute Gasteiger partial charge is 0.488 e. The number of hydrogen-bond acceptors (Lipinski definition) is 4. The molecule has 0 saturated heterocycles. The normalized spacial score (nSPS) is 12.8. The lowest BCUT2D eigenvalue weighted by atomic mass is 10.1. The Labute approximate surface area is 156 Å². The van der Waals surface area contributed by atoms with Crippen molar-refractivity contribution in [2.24, 2.45) is 7.05 Å². The molecule has 0 radical (unpaired) electrons. The highest BCUT2D eigenvalue weighted by atomic mass is 79.9. The molecule has 24 heavy (non-hydrogen) atoms. The van der Waals surface area contributed by atoms with Crippen molar-refractivity contribution in [3.63, 3.8) is 0 Å². The number of nitrogens with one attached hydrogen (secondary N) is 2. The van der Waals surface area contributed by atoms with Crippen LogP contribution in [0.1, 0.15) is 18.5 Å². The fourth-order valence-corrected chi connectivity index (χ4v) is 2.56. The molecule has 8 heteroatoms. The van der Waals surface area contributed by atoms with Crippen LogP contribution in [0.3, 0.4) is 0 Å². The Morgan fingerprint density at radius 3 is 2.71 bits per heavy atom. The SMILES string of the molecule is CNC(C(=O)NCC(C)Oc1ccccc1Br)c1cnn(C)c1.Cl. The third-order valence-corrected chi connectivity index (χ3v) is 3.99. The predicted octanol–water partition coefficient (Wildman–Crippen LogP) is 2.45. The molecule has 0 aliphatic carbocycles. The lowest BCUT2D eigenvalue weighted by Crippen LogP contribution is -2.40. The zero-order valence-corrected chi connectivity index (χ0v) is 16.2. The number of aromatic nitrogens is 2. The van der Waals surface area contributed by atoms with E-state index < -0.39 is 6.04 Å². The summed E-state index contributed by atoms with van der Waals surface area (Å²) in [5, 5.41) is 10.00. The highest BCUT2D eigenvalue weighted by molar-refractivity contribution is 9.10. The summed E-state index contributed by atoms with van der Waals surface area (Å²) in [7, 11) is 3.57. The van der Waals surface area contributed by atoms with E-state index in [-0.39, 0.29) is 24.4 Å². The second-order valence-corrected chi connectivity index (χ2v) is 6.13. The van der Waals surface area contributed by atoms with Gasteiger partial charge in [-0.15, -0.1) is 12.4 Å². The molecule has 2 rings (SSSR count). The van der Waals surface area contributed by atoms with E-state index >= 15 is 0 Å². The van der Waals surface area contributed by atoms with Crippen molar-refractivity contribution in [1.29, 1.82) is 0 Å². The number of amides is 1. The van der Waals surface area contributed by atoms with Crippen LogP contribution >= 0.6 is 28.3 Å². The van der Waals surface area contributed by atoms with Gasteiger partial charge in [-0.3, -0.25) is 9.48 Å². The molecule has 132 valence electrons. The third-order valence-electron chi connectivity index (χ3n) is 3.34. The number of nitrogens with zero attached hydrogens (tertiary/aromatic N) is 2. The molecule has 1 amide bonds. The molecule has 2 N–H and O–H groups in total. The molecule has 1 heterocycles. The van der Waals surface area contributed by atoms with Gasteiger partial charge >= 0.3 is 0 Å². The highest BCUT2D eigenvalue weighted by Crippen LogP contribution is 2.24. The van der Waals surface area contributed by atoms with Gasteiger partial charge in [0.05, 0.1) is 17.2 Å². The van der Waals surface area contributed by atoms with Crippen LogP contribution in [0.4, 0.5) is 0 Å². The average molecular weight is 418 g/mol. The van der Waals surface area contributed by atoms with Crippen molar-refractivity contribution in [2.45, 2.75) is 19.1 Å². The van der Waals surface area contributed by atoms with Crippen LogP contribution in [0.2, 0.25) is 0 Å². The average Bonchev–Trinajstić information content (AvgIpc) is 2.94. The van der Waals surface area contributed by atoms with Gasteiger partial charge in [0.1, 0.15) is 17.9 Å². The minimum absolute atomic E-state index is 0. The van der Waals surface area contributed by atoms with Gasteiger partial charge in [-0.1, -0.05) is 12.1 Å². The van der Waals surface area contributed by atoms with Crippen molar-refractivity contribution in [1.82, 2.24) is 20.4 Å². The lowest BCUT2D eigenvalue weighted by Gasteiger charge is -2.19. The van der Waals surface area contributed by atoms with Crippen molar-refractivity contribution < 1.29 is 9.53 Å². The Kier molecular flexibility index (Phi) is 8.24. The van der Waals surface area contributed by atoms with Crippen LogP contribution in [0.15, 0.2) is 41.1 Å². The molecule has 0 saturated carbocycles. The monoisotopic (exact) mass is 416 g/mol. The van der Waals surface area contributed by atoms with Gasteiger partial charge in [-0.05, 0) is 42.0 Å². The smallest absolute Gasteiger partial charge is 0.241 e. The van der Waals surface area contributed by atoms with Crippen LogP contribution < -0.4 is 15.4 Å². The maximum Gasteiger partial charge on any atom is 0.241 e. The van der Waals surface area contributed by atoms with Crippen molar-refractivity contribution in [2.75, 3.05) is 13.6 Å². The van der Waals surface area contributed by atoms with Crippen molar-refractivity contribution >= 4 is 34.2 Å². The minimum Gasteiger partial charge on any atom is -0.488 e. The molecule has 2 atom stereocenters. The Morgan fingerprint density at radius 2 is 2.12 bits per heavy atom. The summed E-state index contributed by atoms with van der Waals surface area (Å²) in [6, 6.07) is 7.20. The standard InChI is InChI=1S/C16H21BrN4O2.ClH/c1-11(23-14-7-5-4-6-13(14)17)8-19-16(22)15(18-2)12-9-20-21(3)10-12;/h4-7,9-11,15,18H,8H2,1-3H3,(H,19,22);1H. The lowest BCUT2D eigenvalue weighted by molar-refractivity contribution is -0.123. The number of hydrogen-bond donors (Lipinski definition) is 2. The van der Waals surface area contributed by atoms with Gasteiger partial charge in [-0.25, -0.2) is 0 Å². The van der Waals surface area contributed by atoms with Crippen LogP contribution in [-0.4, -0.2) is 35.4 Å². The van der Waals surface area contributed by atoms with Crippen LogP contribution in [0.5, 0.6) is 5.75 Å². The van der Waals surface area contributed by atoms with Crippen LogP contribution in [0.25, 0.3) is 0 Å². The second kappa shape index (κ2) is 9.66. The highest BCUT2D eigenvalue weighted by Gasteiger charge is 2.20. The zero-order chi connectivity index (χ0) is 16.8. The van der Waals surface area contributed by atoms with E-state index in [2.05, 4.69) is 31.7 Å². The molecule has 2 unspecified atom stereocenters. The number of carbonyl (C=O) groups is 1. The Morgan fingerprint density at radius 1 is 1.42 bits per heavy atom. The van der Waals surface area contributed by atoms with Gasteiger partial charge < -0.3 is 15.4 Å². The molecule has 0 bridgehead atoms. The van der Waals surface area contributed by atoms with E-state index in [1.165, 1.54) is 0 Å². The Balaban J connectivity index is 0.00000288. The fraction of sp³-hybridized carbons (Fsp3) is 0.375. The first-order valence-electron chi connectivity index (χ1n) is 7.36. The molecule has 0 spiro atoms. The van der Waals surface area contributed by atoms with E-state index in [9.17, 15) is 4.79 Å². The molecule has 2 aromatic rings.